The molecule has 0 radical (unpaired) electrons. The lowest BCUT2D eigenvalue weighted by Crippen LogP contribution is -2.46. The van der Waals surface area contributed by atoms with Gasteiger partial charge in [0, 0.05) is 13.0 Å². The molecule has 1 saturated carbocycles. The van der Waals surface area contributed by atoms with E-state index in [-0.39, 0.29) is 24.8 Å². The lowest BCUT2D eigenvalue weighted by molar-refractivity contribution is -0.144. The van der Waals surface area contributed by atoms with Crippen LogP contribution in [0, 0.1) is 5.41 Å². The van der Waals surface area contributed by atoms with E-state index in [0.717, 1.165) is 17.7 Å². The molecule has 5 amide bonds. The van der Waals surface area contributed by atoms with Gasteiger partial charge in [-0.25, -0.2) is 4.79 Å². The van der Waals surface area contributed by atoms with Gasteiger partial charge in [0.05, 0.1) is 5.41 Å². The van der Waals surface area contributed by atoms with Crippen molar-refractivity contribution < 1.29 is 19.2 Å². The Morgan fingerprint density at radius 3 is 2.50 bits per heavy atom. The number of urea groups is 1. The second-order valence-corrected chi connectivity index (χ2v) is 5.36. The van der Waals surface area contributed by atoms with Gasteiger partial charge in [0.1, 0.15) is 6.54 Å². The molecule has 2 rings (SSSR count). The molecule has 1 spiro atoms. The van der Waals surface area contributed by atoms with E-state index in [0.29, 0.717) is 19.4 Å². The molecule has 0 bridgehead atoms. The molecule has 1 heterocycles. The van der Waals surface area contributed by atoms with Gasteiger partial charge in [-0.05, 0) is 19.8 Å². The predicted molar refractivity (Wildman–Crippen MR) is 69.5 cm³/mol. The molecule has 0 unspecified atom stereocenters. The van der Waals surface area contributed by atoms with Crippen molar-refractivity contribution in [2.45, 2.75) is 39.0 Å². The second kappa shape index (κ2) is 5.60. The maximum Gasteiger partial charge on any atom is 0.321 e. The van der Waals surface area contributed by atoms with Crippen LogP contribution in [0.3, 0.4) is 0 Å². The number of imide groups is 2. The quantitative estimate of drug-likeness (QED) is 0.720. The summed E-state index contributed by atoms with van der Waals surface area (Å²) in [6.07, 6.45) is 3.51. The van der Waals surface area contributed by atoms with Crippen molar-refractivity contribution in [2.24, 2.45) is 5.41 Å². The fourth-order valence-electron chi connectivity index (χ4n) is 2.98. The number of amides is 5. The van der Waals surface area contributed by atoms with Crippen LogP contribution < -0.4 is 10.6 Å². The zero-order valence-electron chi connectivity index (χ0n) is 11.5. The van der Waals surface area contributed by atoms with E-state index in [2.05, 4.69) is 10.6 Å². The summed E-state index contributed by atoms with van der Waals surface area (Å²) in [6.45, 7) is 1.74. The Balaban J connectivity index is 1.96. The van der Waals surface area contributed by atoms with E-state index in [1.807, 2.05) is 0 Å². The lowest BCUT2D eigenvalue weighted by Gasteiger charge is -2.20. The first-order valence-corrected chi connectivity index (χ1v) is 6.91. The van der Waals surface area contributed by atoms with Crippen molar-refractivity contribution in [3.63, 3.8) is 0 Å². The molecule has 2 fully saturated rings. The van der Waals surface area contributed by atoms with Crippen LogP contribution in [0.25, 0.3) is 0 Å². The van der Waals surface area contributed by atoms with E-state index in [4.69, 9.17) is 0 Å². The van der Waals surface area contributed by atoms with Crippen molar-refractivity contribution in [3.8, 4) is 0 Å². The van der Waals surface area contributed by atoms with E-state index in [1.54, 1.807) is 6.92 Å². The lowest BCUT2D eigenvalue weighted by atomic mass is 9.84. The minimum atomic E-state index is -0.646. The Bertz CT molecular complexity index is 455. The average molecular weight is 281 g/mol. The first kappa shape index (κ1) is 14.5. The minimum absolute atomic E-state index is 0.195. The summed E-state index contributed by atoms with van der Waals surface area (Å²) in [6, 6.07) is -0.618. The third kappa shape index (κ3) is 2.66. The molecule has 2 N–H and O–H groups in total. The number of nitrogens with zero attached hydrogens (tertiary/aromatic N) is 1. The van der Waals surface area contributed by atoms with Crippen LogP contribution in [0.15, 0.2) is 0 Å². The highest BCUT2D eigenvalue weighted by molar-refractivity contribution is 6.09. The van der Waals surface area contributed by atoms with Gasteiger partial charge >= 0.3 is 6.03 Å². The molecule has 0 atom stereocenters. The summed E-state index contributed by atoms with van der Waals surface area (Å²) in [4.78, 5) is 48.1. The predicted octanol–water partition coefficient (Wildman–Crippen LogP) is 0.151. The highest BCUT2D eigenvalue weighted by Crippen LogP contribution is 2.46. The molecule has 1 aliphatic carbocycles. The van der Waals surface area contributed by atoms with Crippen molar-refractivity contribution in [1.82, 2.24) is 15.5 Å². The van der Waals surface area contributed by atoms with Gasteiger partial charge in [-0.1, -0.05) is 12.8 Å². The number of carbonyl (C=O) groups excluding carboxylic acids is 4. The fraction of sp³-hybridized carbons (Fsp3) is 0.692. The standard InChI is InChI=1S/C13H19N3O4/c1-2-14-12(20)15-9(17)8-16-10(18)7-13(11(16)19)5-3-4-6-13/h2-8H2,1H3,(H2,14,15,17,20). The first-order chi connectivity index (χ1) is 9.48. The van der Waals surface area contributed by atoms with Gasteiger partial charge in [0.25, 0.3) is 0 Å². The number of nitrogens with one attached hydrogen (secondary N) is 2. The number of rotatable bonds is 3. The zero-order valence-corrected chi connectivity index (χ0v) is 11.5. The summed E-state index contributed by atoms with van der Waals surface area (Å²) < 4.78 is 0. The van der Waals surface area contributed by atoms with Gasteiger partial charge in [0.2, 0.25) is 17.7 Å². The summed E-state index contributed by atoms with van der Waals surface area (Å²) in [5.74, 6) is -1.22. The van der Waals surface area contributed by atoms with Gasteiger partial charge in [-0.15, -0.1) is 0 Å². The van der Waals surface area contributed by atoms with Crippen LogP contribution in [0.5, 0.6) is 0 Å². The molecule has 20 heavy (non-hydrogen) atoms. The molecule has 7 heteroatoms. The van der Waals surface area contributed by atoms with Gasteiger partial charge in [-0.2, -0.15) is 0 Å². The minimum Gasteiger partial charge on any atom is -0.338 e. The van der Waals surface area contributed by atoms with Crippen molar-refractivity contribution in [3.05, 3.63) is 0 Å². The number of hydrogen-bond acceptors (Lipinski definition) is 4. The summed E-state index contributed by atoms with van der Waals surface area (Å²) in [7, 11) is 0. The molecule has 7 nitrogen and oxygen atoms in total. The van der Waals surface area contributed by atoms with E-state index in [9.17, 15) is 19.2 Å². The normalized spacial score (nSPS) is 20.6. The van der Waals surface area contributed by atoms with Crippen LogP contribution in [0.1, 0.15) is 39.0 Å². The van der Waals surface area contributed by atoms with Gasteiger partial charge < -0.3 is 5.32 Å². The molecule has 1 saturated heterocycles. The van der Waals surface area contributed by atoms with E-state index in [1.165, 1.54) is 0 Å². The Labute approximate surface area is 117 Å². The topological polar surface area (TPSA) is 95.6 Å². The highest BCUT2D eigenvalue weighted by atomic mass is 16.2. The number of carbonyl (C=O) groups is 4. The Hall–Kier alpha value is -1.92. The van der Waals surface area contributed by atoms with Gasteiger partial charge in [-0.3, -0.25) is 24.6 Å². The second-order valence-electron chi connectivity index (χ2n) is 5.36. The molecule has 110 valence electrons. The van der Waals surface area contributed by atoms with Crippen LogP contribution in [0.4, 0.5) is 4.79 Å². The third-order valence-electron chi connectivity index (χ3n) is 3.94. The highest BCUT2D eigenvalue weighted by Gasteiger charge is 2.52. The summed E-state index contributed by atoms with van der Waals surface area (Å²) in [5, 5.41) is 4.51. The molecule has 0 aromatic heterocycles. The van der Waals surface area contributed by atoms with Crippen LogP contribution in [-0.2, 0) is 14.4 Å². The number of likely N-dealkylation sites (tertiary alicyclic amines) is 1. The molecule has 1 aliphatic heterocycles. The zero-order chi connectivity index (χ0) is 14.8. The average Bonchev–Trinajstić information content (AvgIpc) is 2.92. The smallest absolute Gasteiger partial charge is 0.321 e. The molecular weight excluding hydrogens is 262 g/mol. The molecule has 0 aromatic rings. The SMILES string of the molecule is CCNC(=O)NC(=O)CN1C(=O)CC2(CCCC2)C1=O. The maximum absolute atomic E-state index is 12.3. The number of hydrogen-bond donors (Lipinski definition) is 2. The van der Waals surface area contributed by atoms with Crippen LogP contribution >= 0.6 is 0 Å². The monoisotopic (exact) mass is 281 g/mol. The van der Waals surface area contributed by atoms with E-state index >= 15 is 0 Å². The Kier molecular flexibility index (Phi) is 4.06. The van der Waals surface area contributed by atoms with E-state index < -0.39 is 17.4 Å². The molecular formula is C13H19N3O4. The van der Waals surface area contributed by atoms with Crippen LogP contribution in [-0.4, -0.2) is 41.7 Å². The van der Waals surface area contributed by atoms with Crippen LogP contribution in [0.2, 0.25) is 0 Å². The third-order valence-corrected chi connectivity index (χ3v) is 3.94. The summed E-state index contributed by atoms with van der Waals surface area (Å²) in [5.41, 5.74) is -0.580. The molecule has 2 aliphatic rings. The Morgan fingerprint density at radius 1 is 1.25 bits per heavy atom. The summed E-state index contributed by atoms with van der Waals surface area (Å²) >= 11 is 0. The Morgan fingerprint density at radius 2 is 1.90 bits per heavy atom. The largest absolute Gasteiger partial charge is 0.338 e. The van der Waals surface area contributed by atoms with Crippen molar-refractivity contribution in [1.29, 1.82) is 0 Å². The van der Waals surface area contributed by atoms with Crippen molar-refractivity contribution >= 4 is 23.8 Å². The fourth-order valence-corrected chi connectivity index (χ4v) is 2.98. The molecule has 0 aromatic carbocycles. The first-order valence-electron chi connectivity index (χ1n) is 6.91. The van der Waals surface area contributed by atoms with Crippen molar-refractivity contribution in [2.75, 3.05) is 13.1 Å². The maximum atomic E-state index is 12.3. The van der Waals surface area contributed by atoms with Gasteiger partial charge in [0.15, 0.2) is 0 Å².